The minimum Gasteiger partial charge on any atom is -0.390 e. The molecule has 8 heteroatoms. The first-order valence-corrected chi connectivity index (χ1v) is 9.23. The molecule has 7 nitrogen and oxygen atoms in total. The van der Waals surface area contributed by atoms with E-state index in [1.807, 2.05) is 17.0 Å². The number of aromatic nitrogens is 1. The number of carbonyl (C=O) groups excluding carboxylic acids is 1. The minimum atomic E-state index is -0.817. The van der Waals surface area contributed by atoms with Gasteiger partial charge in [-0.1, -0.05) is 11.3 Å². The van der Waals surface area contributed by atoms with Crippen molar-refractivity contribution in [2.75, 3.05) is 25.4 Å². The lowest BCUT2D eigenvalue weighted by Gasteiger charge is -2.46. The molecule has 134 valence electrons. The van der Waals surface area contributed by atoms with Crippen LogP contribution in [0.4, 0.5) is 5.13 Å². The quantitative estimate of drug-likeness (QED) is 0.697. The van der Waals surface area contributed by atoms with E-state index < -0.39 is 17.8 Å². The lowest BCUT2D eigenvalue weighted by Crippen LogP contribution is -2.55. The molecule has 25 heavy (non-hydrogen) atoms. The number of nitrogens with zero attached hydrogens (tertiary/aromatic N) is 2. The van der Waals surface area contributed by atoms with Crippen LogP contribution in [0.5, 0.6) is 0 Å². The second-order valence-electron chi connectivity index (χ2n) is 6.86. The molecule has 2 aromatic rings. The van der Waals surface area contributed by atoms with Crippen LogP contribution in [0.15, 0.2) is 18.2 Å². The van der Waals surface area contributed by atoms with Gasteiger partial charge in [-0.3, -0.25) is 4.79 Å². The van der Waals surface area contributed by atoms with Gasteiger partial charge in [0.1, 0.15) is 6.10 Å². The van der Waals surface area contributed by atoms with Crippen molar-refractivity contribution in [1.29, 1.82) is 0 Å². The van der Waals surface area contributed by atoms with E-state index in [0.29, 0.717) is 43.0 Å². The van der Waals surface area contributed by atoms with Gasteiger partial charge in [0.2, 0.25) is 0 Å². The van der Waals surface area contributed by atoms with Crippen LogP contribution in [0.2, 0.25) is 0 Å². The first kappa shape index (κ1) is 16.7. The number of thiazole rings is 1. The highest BCUT2D eigenvalue weighted by molar-refractivity contribution is 7.22. The molecule has 0 radical (unpaired) electrons. The zero-order chi connectivity index (χ0) is 17.6. The summed E-state index contributed by atoms with van der Waals surface area (Å²) in [5, 5.41) is 20.0. The normalized spacial score (nSPS) is 26.2. The molecule has 4 N–H and O–H groups in total. The molecule has 0 unspecified atom stereocenters. The Kier molecular flexibility index (Phi) is 4.15. The Balaban J connectivity index is 1.45. The molecule has 3 heterocycles. The van der Waals surface area contributed by atoms with Crippen molar-refractivity contribution in [3.05, 3.63) is 23.8 Å². The second-order valence-corrected chi connectivity index (χ2v) is 7.92. The van der Waals surface area contributed by atoms with E-state index in [2.05, 4.69) is 4.98 Å². The van der Waals surface area contributed by atoms with Crippen molar-refractivity contribution < 1.29 is 19.7 Å². The van der Waals surface area contributed by atoms with Crippen LogP contribution >= 0.6 is 11.3 Å². The molecular formula is C17H21N3O4S. The number of piperidine rings is 1. The molecule has 2 aliphatic rings. The highest BCUT2D eigenvalue weighted by Crippen LogP contribution is 2.35. The molecule has 2 saturated heterocycles. The Labute approximate surface area is 149 Å². The summed E-state index contributed by atoms with van der Waals surface area (Å²) in [6.07, 6.45) is 0.166. The number of rotatable bonds is 1. The Bertz CT molecular complexity index is 800. The van der Waals surface area contributed by atoms with E-state index in [-0.39, 0.29) is 12.5 Å². The van der Waals surface area contributed by atoms with E-state index in [9.17, 15) is 15.0 Å². The molecule has 4 rings (SSSR count). The average molecular weight is 363 g/mol. The van der Waals surface area contributed by atoms with Gasteiger partial charge in [-0.05, 0) is 31.0 Å². The Hall–Kier alpha value is -1.74. The fraction of sp³-hybridized carbons (Fsp3) is 0.529. The van der Waals surface area contributed by atoms with Crippen molar-refractivity contribution in [1.82, 2.24) is 9.88 Å². The molecule has 1 aromatic carbocycles. The summed E-state index contributed by atoms with van der Waals surface area (Å²) in [7, 11) is 0. The van der Waals surface area contributed by atoms with Gasteiger partial charge < -0.3 is 25.6 Å². The number of anilines is 1. The first-order chi connectivity index (χ1) is 12.0. The standard InChI is InChI=1S/C17H21N3O4S/c18-16-19-11-7-10(1-2-14(11)25-16)15(23)20-5-3-17(4-6-20)8-12(21)13(22)9-24-17/h1-2,7,12-13,21-22H,3-6,8-9H2,(H2,18,19)/t12-,13+/m1/s1. The molecular weight excluding hydrogens is 342 g/mol. The SMILES string of the molecule is Nc1nc2cc(C(=O)N3CCC4(CC3)C[C@@H](O)[C@@H](O)CO4)ccc2s1. The van der Waals surface area contributed by atoms with Crippen LogP contribution < -0.4 is 5.73 Å². The smallest absolute Gasteiger partial charge is 0.253 e. The third-order valence-corrected chi connectivity index (χ3v) is 6.06. The maximum atomic E-state index is 12.8. The number of likely N-dealkylation sites (tertiary alicyclic amines) is 1. The monoisotopic (exact) mass is 363 g/mol. The lowest BCUT2D eigenvalue weighted by atomic mass is 9.82. The average Bonchev–Trinajstić information content (AvgIpc) is 2.98. The van der Waals surface area contributed by atoms with Crippen molar-refractivity contribution in [3.63, 3.8) is 0 Å². The predicted octanol–water partition coefficient (Wildman–Crippen LogP) is 0.995. The van der Waals surface area contributed by atoms with Crippen LogP contribution in [-0.2, 0) is 4.74 Å². The Morgan fingerprint density at radius 2 is 2.08 bits per heavy atom. The van der Waals surface area contributed by atoms with Gasteiger partial charge in [0.05, 0.1) is 28.5 Å². The summed E-state index contributed by atoms with van der Waals surface area (Å²) in [4.78, 5) is 18.8. The summed E-state index contributed by atoms with van der Waals surface area (Å²) in [5.41, 5.74) is 6.64. The van der Waals surface area contributed by atoms with Gasteiger partial charge in [0.15, 0.2) is 5.13 Å². The van der Waals surface area contributed by atoms with Crippen molar-refractivity contribution >= 4 is 32.6 Å². The van der Waals surface area contributed by atoms with Crippen LogP contribution in [-0.4, -0.2) is 63.5 Å². The summed E-state index contributed by atoms with van der Waals surface area (Å²) >= 11 is 1.40. The highest BCUT2D eigenvalue weighted by Gasteiger charge is 2.43. The number of nitrogen functional groups attached to an aromatic ring is 1. The highest BCUT2D eigenvalue weighted by atomic mass is 32.1. The fourth-order valence-electron chi connectivity index (χ4n) is 3.68. The molecule has 1 spiro atoms. The number of amides is 1. The third kappa shape index (κ3) is 3.10. The number of carbonyl (C=O) groups is 1. The van der Waals surface area contributed by atoms with Crippen LogP contribution in [0.1, 0.15) is 29.6 Å². The fourth-order valence-corrected chi connectivity index (χ4v) is 4.39. The Morgan fingerprint density at radius 1 is 1.32 bits per heavy atom. The largest absolute Gasteiger partial charge is 0.390 e. The predicted molar refractivity (Wildman–Crippen MR) is 94.5 cm³/mol. The number of ether oxygens (including phenoxy) is 1. The molecule has 0 aliphatic carbocycles. The topological polar surface area (TPSA) is 109 Å². The molecule has 2 aliphatic heterocycles. The molecule has 1 amide bonds. The van der Waals surface area contributed by atoms with Crippen LogP contribution in [0.25, 0.3) is 10.2 Å². The van der Waals surface area contributed by atoms with Crippen molar-refractivity contribution in [3.8, 4) is 0 Å². The minimum absolute atomic E-state index is 0.0280. The first-order valence-electron chi connectivity index (χ1n) is 8.41. The maximum Gasteiger partial charge on any atom is 0.253 e. The summed E-state index contributed by atoms with van der Waals surface area (Å²) < 4.78 is 6.78. The van der Waals surface area contributed by atoms with Gasteiger partial charge in [-0.15, -0.1) is 0 Å². The molecule has 1 aromatic heterocycles. The number of fused-ring (bicyclic) bond motifs is 1. The van der Waals surface area contributed by atoms with Crippen LogP contribution in [0, 0.1) is 0 Å². The number of nitrogens with two attached hydrogens (primary N) is 1. The lowest BCUT2D eigenvalue weighted by molar-refractivity contribution is -0.185. The van der Waals surface area contributed by atoms with Gasteiger partial charge >= 0.3 is 0 Å². The van der Waals surface area contributed by atoms with E-state index >= 15 is 0 Å². The van der Waals surface area contributed by atoms with E-state index in [0.717, 1.165) is 10.2 Å². The summed E-state index contributed by atoms with van der Waals surface area (Å²) in [6.45, 7) is 1.29. The van der Waals surface area contributed by atoms with Gasteiger partial charge in [0.25, 0.3) is 5.91 Å². The Morgan fingerprint density at radius 3 is 2.80 bits per heavy atom. The maximum absolute atomic E-state index is 12.8. The zero-order valence-electron chi connectivity index (χ0n) is 13.7. The van der Waals surface area contributed by atoms with Crippen LogP contribution in [0.3, 0.4) is 0 Å². The van der Waals surface area contributed by atoms with Crippen molar-refractivity contribution in [2.24, 2.45) is 0 Å². The van der Waals surface area contributed by atoms with Gasteiger partial charge in [-0.25, -0.2) is 4.98 Å². The number of aliphatic hydroxyl groups is 2. The summed E-state index contributed by atoms with van der Waals surface area (Å²) in [5.74, 6) is -0.0280. The van der Waals surface area contributed by atoms with E-state index in [1.54, 1.807) is 6.07 Å². The van der Waals surface area contributed by atoms with Crippen molar-refractivity contribution in [2.45, 2.75) is 37.1 Å². The molecule has 0 saturated carbocycles. The molecule has 2 fully saturated rings. The van der Waals surface area contributed by atoms with Gasteiger partial charge in [-0.2, -0.15) is 0 Å². The zero-order valence-corrected chi connectivity index (χ0v) is 14.5. The summed E-state index contributed by atoms with van der Waals surface area (Å²) in [6, 6.07) is 5.47. The van der Waals surface area contributed by atoms with E-state index in [4.69, 9.17) is 10.5 Å². The number of aliphatic hydroxyl groups excluding tert-OH is 2. The number of benzene rings is 1. The van der Waals surface area contributed by atoms with E-state index in [1.165, 1.54) is 11.3 Å². The van der Waals surface area contributed by atoms with Gasteiger partial charge in [0, 0.05) is 25.1 Å². The third-order valence-electron chi connectivity index (χ3n) is 5.20. The number of hydrogen-bond donors (Lipinski definition) is 3. The number of hydrogen-bond acceptors (Lipinski definition) is 7. The second kappa shape index (κ2) is 6.21. The molecule has 2 atom stereocenters. The molecule has 0 bridgehead atoms.